The van der Waals surface area contributed by atoms with Crippen LogP contribution < -0.4 is 5.56 Å². The Hall–Kier alpha value is -3.13. The number of H-pyrrole nitrogens is 1. The van der Waals surface area contributed by atoms with Crippen LogP contribution >= 0.6 is 11.6 Å². The predicted molar refractivity (Wildman–Crippen MR) is 103 cm³/mol. The van der Waals surface area contributed by atoms with Crippen LogP contribution in [0.1, 0.15) is 26.5 Å². The number of carbonyl (C=O) groups excluding carboxylic acids is 2. The van der Waals surface area contributed by atoms with Crippen molar-refractivity contribution >= 4 is 34.5 Å². The highest BCUT2D eigenvalue weighted by atomic mass is 35.5. The van der Waals surface area contributed by atoms with Crippen LogP contribution in [0.25, 0.3) is 11.1 Å². The Labute approximate surface area is 164 Å². The van der Waals surface area contributed by atoms with Gasteiger partial charge in [-0.1, -0.05) is 11.6 Å². The fraction of sp³-hybridized carbons (Fsp3) is 0.263. The number of fused-ring (bicyclic) bond motifs is 1. The first-order valence-electron chi connectivity index (χ1n) is 8.76. The van der Waals surface area contributed by atoms with Crippen LogP contribution in [0.2, 0.25) is 5.02 Å². The van der Waals surface area contributed by atoms with Crippen molar-refractivity contribution in [3.8, 4) is 0 Å². The first kappa shape index (κ1) is 18.2. The first-order chi connectivity index (χ1) is 13.5. The third kappa shape index (κ3) is 3.16. The second kappa shape index (κ2) is 7.12. The topological polar surface area (TPSA) is 99.5 Å². The molecule has 28 heavy (non-hydrogen) atoms. The minimum atomic E-state index is -0.415. The van der Waals surface area contributed by atoms with E-state index in [1.165, 1.54) is 6.33 Å². The fourth-order valence-corrected chi connectivity index (χ4v) is 3.48. The monoisotopic (exact) mass is 400 g/mol. The highest BCUT2D eigenvalue weighted by molar-refractivity contribution is 6.30. The summed E-state index contributed by atoms with van der Waals surface area (Å²) in [6, 6.07) is 6.71. The maximum Gasteiger partial charge on any atom is 0.262 e. The molecule has 0 spiro atoms. The van der Waals surface area contributed by atoms with Crippen molar-refractivity contribution in [2.75, 3.05) is 26.2 Å². The lowest BCUT2D eigenvalue weighted by Gasteiger charge is -2.34. The summed E-state index contributed by atoms with van der Waals surface area (Å²) in [7, 11) is 0. The highest BCUT2D eigenvalue weighted by Crippen LogP contribution is 2.23. The molecule has 1 fully saturated rings. The zero-order valence-corrected chi connectivity index (χ0v) is 15.8. The van der Waals surface area contributed by atoms with Gasteiger partial charge >= 0.3 is 0 Å². The molecule has 1 aliphatic rings. The maximum absolute atomic E-state index is 13.0. The van der Waals surface area contributed by atoms with Crippen molar-refractivity contribution in [3.05, 3.63) is 62.9 Å². The number of rotatable bonds is 2. The van der Waals surface area contributed by atoms with E-state index in [1.54, 1.807) is 41.0 Å². The van der Waals surface area contributed by atoms with Crippen LogP contribution in [0.3, 0.4) is 0 Å². The number of nitrogens with one attached hydrogen (secondary N) is 1. The van der Waals surface area contributed by atoms with E-state index >= 15 is 0 Å². The van der Waals surface area contributed by atoms with E-state index in [9.17, 15) is 14.4 Å². The molecule has 0 atom stereocenters. The van der Waals surface area contributed by atoms with Crippen molar-refractivity contribution < 1.29 is 14.0 Å². The summed E-state index contributed by atoms with van der Waals surface area (Å²) in [5.74, 6) is -0.0495. The standard InChI is InChI=1S/C19H17ClN4O4/c1-11-14(15-16(25)21-10-22-17(15)28-11)19(27)24-8-6-23(7-9-24)18(26)12-2-4-13(20)5-3-12/h2-5,10H,6-9H2,1H3,(H,21,22,25). The summed E-state index contributed by atoms with van der Waals surface area (Å²) in [6.07, 6.45) is 1.24. The smallest absolute Gasteiger partial charge is 0.262 e. The molecule has 2 aromatic heterocycles. The van der Waals surface area contributed by atoms with Gasteiger partial charge in [-0.05, 0) is 31.2 Å². The first-order valence-corrected chi connectivity index (χ1v) is 9.14. The summed E-state index contributed by atoms with van der Waals surface area (Å²) in [5.41, 5.74) is 0.503. The summed E-state index contributed by atoms with van der Waals surface area (Å²) in [6.45, 7) is 3.16. The van der Waals surface area contributed by atoms with Crippen molar-refractivity contribution in [1.29, 1.82) is 0 Å². The van der Waals surface area contributed by atoms with Gasteiger partial charge in [-0.25, -0.2) is 4.98 Å². The molecule has 1 aliphatic heterocycles. The minimum Gasteiger partial charge on any atom is -0.442 e. The summed E-state index contributed by atoms with van der Waals surface area (Å²) in [5, 5.41) is 0.726. The number of aryl methyl sites for hydroxylation is 1. The molecule has 0 saturated carbocycles. The number of aromatic amines is 1. The molecule has 9 heteroatoms. The van der Waals surface area contributed by atoms with Gasteiger partial charge < -0.3 is 19.2 Å². The Kier molecular flexibility index (Phi) is 4.64. The van der Waals surface area contributed by atoms with Crippen LogP contribution in [-0.2, 0) is 0 Å². The van der Waals surface area contributed by atoms with Crippen LogP contribution in [0.5, 0.6) is 0 Å². The average molecular weight is 401 g/mol. The third-order valence-corrected chi connectivity index (χ3v) is 5.08. The molecule has 3 aromatic rings. The van der Waals surface area contributed by atoms with Crippen LogP contribution in [0.4, 0.5) is 0 Å². The molecule has 1 saturated heterocycles. The molecule has 8 nitrogen and oxygen atoms in total. The number of carbonyl (C=O) groups is 2. The summed E-state index contributed by atoms with van der Waals surface area (Å²) >= 11 is 5.86. The minimum absolute atomic E-state index is 0.102. The molecular weight excluding hydrogens is 384 g/mol. The van der Waals surface area contributed by atoms with Crippen molar-refractivity contribution in [1.82, 2.24) is 19.8 Å². The maximum atomic E-state index is 13.0. The quantitative estimate of drug-likeness (QED) is 0.709. The molecule has 3 heterocycles. The van der Waals surface area contributed by atoms with E-state index in [0.29, 0.717) is 42.5 Å². The predicted octanol–water partition coefficient (Wildman–Crippen LogP) is 2.08. The molecule has 4 rings (SSSR count). The average Bonchev–Trinajstić information content (AvgIpc) is 3.05. The summed E-state index contributed by atoms with van der Waals surface area (Å²) in [4.78, 5) is 47.5. The molecule has 0 bridgehead atoms. The molecule has 1 aromatic carbocycles. The Bertz CT molecular complexity index is 1110. The van der Waals surface area contributed by atoms with Crippen molar-refractivity contribution in [2.24, 2.45) is 0 Å². The van der Waals surface area contributed by atoms with Crippen LogP contribution in [0.15, 0.2) is 39.8 Å². The number of hydrogen-bond acceptors (Lipinski definition) is 5. The van der Waals surface area contributed by atoms with E-state index in [2.05, 4.69) is 9.97 Å². The number of piperazine rings is 1. The molecule has 2 amide bonds. The Morgan fingerprint density at radius 3 is 2.32 bits per heavy atom. The van der Waals surface area contributed by atoms with Gasteiger partial charge in [0, 0.05) is 36.8 Å². The lowest BCUT2D eigenvalue weighted by atomic mass is 10.1. The number of amides is 2. The van der Waals surface area contributed by atoms with E-state index in [1.807, 2.05) is 0 Å². The second-order valence-electron chi connectivity index (χ2n) is 6.54. The molecule has 144 valence electrons. The van der Waals surface area contributed by atoms with Crippen molar-refractivity contribution in [3.63, 3.8) is 0 Å². The number of halogens is 1. The highest BCUT2D eigenvalue weighted by Gasteiger charge is 2.29. The lowest BCUT2D eigenvalue weighted by molar-refractivity contribution is 0.0535. The normalized spacial score (nSPS) is 14.5. The molecular formula is C19H17ClN4O4. The van der Waals surface area contributed by atoms with Gasteiger partial charge in [-0.15, -0.1) is 0 Å². The fourth-order valence-electron chi connectivity index (χ4n) is 3.36. The van der Waals surface area contributed by atoms with Gasteiger partial charge in [-0.2, -0.15) is 0 Å². The molecule has 0 radical (unpaired) electrons. The zero-order chi connectivity index (χ0) is 19.8. The Balaban J connectivity index is 1.51. The number of nitrogens with zero attached hydrogens (tertiary/aromatic N) is 3. The van der Waals surface area contributed by atoms with Gasteiger partial charge in [-0.3, -0.25) is 14.4 Å². The molecule has 0 aliphatic carbocycles. The number of hydrogen-bond donors (Lipinski definition) is 1. The third-order valence-electron chi connectivity index (χ3n) is 4.83. The Morgan fingerprint density at radius 2 is 1.68 bits per heavy atom. The van der Waals surface area contributed by atoms with Crippen LogP contribution in [-0.4, -0.2) is 57.8 Å². The van der Waals surface area contributed by atoms with Gasteiger partial charge in [0.05, 0.1) is 11.9 Å². The largest absolute Gasteiger partial charge is 0.442 e. The van der Waals surface area contributed by atoms with E-state index in [-0.39, 0.29) is 28.5 Å². The zero-order valence-electron chi connectivity index (χ0n) is 15.1. The van der Waals surface area contributed by atoms with E-state index in [0.717, 1.165) is 0 Å². The van der Waals surface area contributed by atoms with Gasteiger partial charge in [0.2, 0.25) is 5.71 Å². The summed E-state index contributed by atoms with van der Waals surface area (Å²) < 4.78 is 5.46. The SMILES string of the molecule is Cc1oc2nc[nH]c(=O)c2c1C(=O)N1CCN(C(=O)c2ccc(Cl)cc2)CC1. The Morgan fingerprint density at radius 1 is 1.07 bits per heavy atom. The van der Waals surface area contributed by atoms with Gasteiger partial charge in [0.15, 0.2) is 0 Å². The number of furan rings is 1. The van der Waals surface area contributed by atoms with Gasteiger partial charge in [0.25, 0.3) is 17.4 Å². The van der Waals surface area contributed by atoms with Crippen molar-refractivity contribution in [2.45, 2.75) is 6.92 Å². The van der Waals surface area contributed by atoms with E-state index in [4.69, 9.17) is 16.0 Å². The second-order valence-corrected chi connectivity index (χ2v) is 6.97. The van der Waals surface area contributed by atoms with E-state index < -0.39 is 5.56 Å². The lowest BCUT2D eigenvalue weighted by Crippen LogP contribution is -2.50. The number of benzene rings is 1. The molecule has 1 N–H and O–H groups in total. The molecule has 0 unspecified atom stereocenters. The van der Waals surface area contributed by atoms with Gasteiger partial charge in [0.1, 0.15) is 11.1 Å². The number of aromatic nitrogens is 2. The van der Waals surface area contributed by atoms with Crippen LogP contribution in [0, 0.1) is 6.92 Å².